The van der Waals surface area contributed by atoms with Gasteiger partial charge in [-0.15, -0.1) is 34.0 Å². The van der Waals surface area contributed by atoms with Gasteiger partial charge in [-0.2, -0.15) is 0 Å². The van der Waals surface area contributed by atoms with Crippen molar-refractivity contribution in [1.29, 1.82) is 0 Å². The second-order valence-electron chi connectivity index (χ2n) is 17.7. The van der Waals surface area contributed by atoms with Crippen molar-refractivity contribution in [3.63, 3.8) is 0 Å². The topological polar surface area (TPSA) is 0 Å². The molecular formula is C54H48S3. The summed E-state index contributed by atoms with van der Waals surface area (Å²) in [5.41, 5.74) is 0. The Morgan fingerprint density at radius 1 is 0.281 bits per heavy atom. The van der Waals surface area contributed by atoms with E-state index in [1.165, 1.54) is 129 Å². The molecule has 282 valence electrons. The third kappa shape index (κ3) is 4.19. The van der Waals surface area contributed by atoms with E-state index in [0.29, 0.717) is 0 Å². The molecule has 0 amide bonds. The molecule has 0 spiro atoms. The molecule has 0 N–H and O–H groups in total. The van der Waals surface area contributed by atoms with Gasteiger partial charge < -0.3 is 0 Å². The minimum atomic E-state index is 1.18. The lowest BCUT2D eigenvalue weighted by Gasteiger charge is -2.26. The number of unbranched alkanes of at least 4 members (excludes halogenated alkanes) is 9. The Kier molecular flexibility index (Phi) is 7.43. The first-order valence-electron chi connectivity index (χ1n) is 22.4. The molecule has 0 aliphatic heterocycles. The number of rotatable bonds is 15. The van der Waals surface area contributed by atoms with Crippen molar-refractivity contribution in [2.24, 2.45) is 0 Å². The lowest BCUT2D eigenvalue weighted by molar-refractivity contribution is 0.671. The van der Waals surface area contributed by atoms with E-state index < -0.39 is 0 Å². The van der Waals surface area contributed by atoms with Gasteiger partial charge in [-0.05, 0) is 70.8 Å². The van der Waals surface area contributed by atoms with Crippen LogP contribution in [-0.2, 0) is 19.3 Å². The van der Waals surface area contributed by atoms with Gasteiger partial charge in [-0.3, -0.25) is 0 Å². The molecule has 0 aliphatic rings. The molecule has 0 fully saturated rings. The average molecular weight is 793 g/mol. The number of hydrogen-bond donors (Lipinski definition) is 0. The van der Waals surface area contributed by atoms with Crippen LogP contribution in [-0.4, -0.2) is 0 Å². The fraction of sp³-hybridized carbons (Fsp3) is 0.333. The fourth-order valence-corrected chi connectivity index (χ4v) is 16.3. The van der Waals surface area contributed by atoms with E-state index in [-0.39, 0.29) is 0 Å². The number of benzene rings is 10. The maximum Gasteiger partial charge on any atom is 0.0437 e. The zero-order valence-corrected chi connectivity index (χ0v) is 36.0. The molecule has 0 atom stereocenters. The summed E-state index contributed by atoms with van der Waals surface area (Å²) in [7, 11) is 0. The van der Waals surface area contributed by atoms with Gasteiger partial charge in [0.15, 0.2) is 0 Å². The predicted octanol–water partition coefficient (Wildman–Crippen LogP) is 18.7. The highest BCUT2D eigenvalue weighted by molar-refractivity contribution is 7.23. The van der Waals surface area contributed by atoms with Crippen molar-refractivity contribution in [3.05, 3.63) is 69.2 Å². The van der Waals surface area contributed by atoms with Gasteiger partial charge in [-0.25, -0.2) is 0 Å². The highest BCUT2D eigenvalue weighted by atomic mass is 32.1. The molecule has 3 heterocycles. The van der Waals surface area contributed by atoms with Crippen LogP contribution in [0.15, 0.2) is 54.6 Å². The third-order valence-corrected chi connectivity index (χ3v) is 18.3. The first kappa shape index (κ1) is 33.9. The maximum absolute atomic E-state index is 2.51. The predicted molar refractivity (Wildman–Crippen MR) is 261 cm³/mol. The molecule has 0 bridgehead atoms. The largest absolute Gasteiger partial charge is 0.139 e. The van der Waals surface area contributed by atoms with Gasteiger partial charge in [0.2, 0.25) is 0 Å². The Balaban J connectivity index is 1.31. The van der Waals surface area contributed by atoms with Crippen LogP contribution in [0.2, 0.25) is 0 Å². The lowest BCUT2D eigenvalue weighted by atomic mass is 9.76. The van der Waals surface area contributed by atoms with Crippen molar-refractivity contribution in [2.45, 2.75) is 117 Å². The summed E-state index contributed by atoms with van der Waals surface area (Å²) in [4.78, 5) is 4.87. The molecule has 3 heteroatoms. The molecule has 3 aromatic heterocycles. The van der Waals surface area contributed by atoms with Crippen LogP contribution in [0, 0.1) is 0 Å². The van der Waals surface area contributed by atoms with Gasteiger partial charge in [0.1, 0.15) is 0 Å². The highest BCUT2D eigenvalue weighted by Crippen LogP contribution is 2.63. The Bertz CT molecular complexity index is 3180. The summed E-state index contributed by atoms with van der Waals surface area (Å²) >= 11 is 6.45. The molecule has 10 aromatic carbocycles. The maximum atomic E-state index is 2.51. The van der Waals surface area contributed by atoms with Crippen LogP contribution in [0.4, 0.5) is 0 Å². The molecular weight excluding hydrogens is 745 g/mol. The fourth-order valence-electron chi connectivity index (χ4n) is 12.1. The van der Waals surface area contributed by atoms with Gasteiger partial charge in [0.25, 0.3) is 0 Å². The SMILES string of the molecule is CCCCCCc1sc2c3cccc4c5c(CCCCCC)sc6c7cccc8c9c(CCCCCC)sc%10c%11cccc%12c1c2c1c(c34)c(c65)c(c78)c(c%109)c1c%11%12. The monoisotopic (exact) mass is 792 g/mol. The van der Waals surface area contributed by atoms with Gasteiger partial charge >= 0.3 is 0 Å². The minimum Gasteiger partial charge on any atom is -0.139 e. The second kappa shape index (κ2) is 12.5. The van der Waals surface area contributed by atoms with E-state index in [1.54, 1.807) is 110 Å². The Hall–Kier alpha value is -4.02. The number of thiophene rings is 3. The molecule has 0 radical (unpaired) electrons. The van der Waals surface area contributed by atoms with Crippen molar-refractivity contribution in [3.8, 4) is 0 Å². The zero-order chi connectivity index (χ0) is 37.7. The smallest absolute Gasteiger partial charge is 0.0437 e. The van der Waals surface area contributed by atoms with Crippen LogP contribution in [0.5, 0.6) is 0 Å². The molecule has 13 rings (SSSR count). The Morgan fingerprint density at radius 2 is 0.561 bits per heavy atom. The summed E-state index contributed by atoms with van der Waals surface area (Å²) in [6.45, 7) is 7.03. The van der Waals surface area contributed by atoms with Crippen LogP contribution in [0.3, 0.4) is 0 Å². The van der Waals surface area contributed by atoms with E-state index >= 15 is 0 Å². The van der Waals surface area contributed by atoms with Gasteiger partial charge in [0, 0.05) is 110 Å². The average Bonchev–Trinajstić information content (AvgIpc) is 3.94. The van der Waals surface area contributed by atoms with Crippen molar-refractivity contribution in [2.75, 3.05) is 0 Å². The molecule has 13 aromatic rings. The van der Waals surface area contributed by atoms with Crippen molar-refractivity contribution < 1.29 is 0 Å². The van der Waals surface area contributed by atoms with Gasteiger partial charge in [-0.1, -0.05) is 133 Å². The summed E-state index contributed by atoms with van der Waals surface area (Å²) < 4.78 is 4.63. The van der Waals surface area contributed by atoms with Gasteiger partial charge in [0.05, 0.1) is 0 Å². The van der Waals surface area contributed by atoms with E-state index in [0.717, 1.165) is 0 Å². The first-order chi connectivity index (χ1) is 28.2. The van der Waals surface area contributed by atoms with E-state index in [4.69, 9.17) is 0 Å². The molecule has 0 saturated carbocycles. The van der Waals surface area contributed by atoms with Crippen LogP contribution in [0.1, 0.15) is 112 Å². The standard InChI is InChI=1S/C54H48S3/c1-4-7-10-13-25-34-40-28-19-16-23-32-37(28)43-46-44-38-29(20-17-22-31(38)52(55-34)49(40)46)41-35(26-14-11-8-5-2)57-54-33-24-18-21-30-39(33)45(48(44)51(41)54)47(43)50-42(30)36(56-53(32)50)27-15-12-9-6-3/h16-24H,4-15,25-27H2,1-3H3. The van der Waals surface area contributed by atoms with Crippen LogP contribution < -0.4 is 0 Å². The number of aryl methyl sites for hydroxylation is 3. The molecule has 57 heavy (non-hydrogen) atoms. The molecule has 0 aliphatic carbocycles. The van der Waals surface area contributed by atoms with Crippen molar-refractivity contribution in [1.82, 2.24) is 0 Å². The minimum absolute atomic E-state index is 1.18. The normalized spacial score (nSPS) is 13.5. The summed E-state index contributed by atoms with van der Waals surface area (Å²) in [5, 5.41) is 32.6. The lowest BCUT2D eigenvalue weighted by Crippen LogP contribution is -1.98. The Morgan fingerprint density at radius 3 is 0.860 bits per heavy atom. The van der Waals surface area contributed by atoms with E-state index in [2.05, 4.69) is 109 Å². The van der Waals surface area contributed by atoms with E-state index in [1.807, 2.05) is 0 Å². The van der Waals surface area contributed by atoms with Crippen LogP contribution in [0.25, 0.3) is 127 Å². The summed E-state index contributed by atoms with van der Waals surface area (Å²) in [6, 6.07) is 22.2. The second-order valence-corrected chi connectivity index (χ2v) is 21.0. The number of fused-ring (bicyclic) bond motifs is 6. The quantitative estimate of drug-likeness (QED) is 0.0551. The molecule has 0 nitrogen and oxygen atoms in total. The van der Waals surface area contributed by atoms with Crippen molar-refractivity contribution >= 4 is 161 Å². The first-order valence-corrected chi connectivity index (χ1v) is 24.8. The third-order valence-electron chi connectivity index (χ3n) is 14.5. The molecule has 0 unspecified atom stereocenters. The Labute approximate surface area is 345 Å². The van der Waals surface area contributed by atoms with E-state index in [9.17, 15) is 0 Å². The van der Waals surface area contributed by atoms with Crippen LogP contribution >= 0.6 is 34.0 Å². The molecule has 0 saturated heterocycles. The summed E-state index contributed by atoms with van der Waals surface area (Å²) in [5.74, 6) is 0. The number of hydrogen-bond acceptors (Lipinski definition) is 3. The summed E-state index contributed by atoms with van der Waals surface area (Å²) in [6.07, 6.45) is 19.2. The highest BCUT2D eigenvalue weighted by Gasteiger charge is 2.34. The zero-order valence-electron chi connectivity index (χ0n) is 33.5.